The van der Waals surface area contributed by atoms with Crippen molar-refractivity contribution in [3.05, 3.63) is 46.0 Å². The van der Waals surface area contributed by atoms with E-state index in [1.54, 1.807) is 0 Å². The van der Waals surface area contributed by atoms with Crippen molar-refractivity contribution in [2.24, 2.45) is 0 Å². The number of aromatic amines is 2. The molecule has 0 aliphatic carbocycles. The fourth-order valence-corrected chi connectivity index (χ4v) is 3.55. The lowest BCUT2D eigenvalue weighted by Crippen LogP contribution is -2.18. The van der Waals surface area contributed by atoms with Crippen molar-refractivity contribution in [1.29, 1.82) is 0 Å². The Hall–Kier alpha value is -2.61. The molecule has 2 aromatic heterocycles. The van der Waals surface area contributed by atoms with E-state index in [0.717, 1.165) is 16.8 Å². The Morgan fingerprint density at radius 3 is 2.48 bits per heavy atom. The molecular weight excluding hydrogens is 362 g/mol. The first-order chi connectivity index (χ1) is 12.9. The molecule has 0 unspecified atom stereocenters. The number of hydrogen-bond donors (Lipinski definition) is 3. The zero-order valence-corrected chi connectivity index (χ0v) is 16.6. The number of aromatic nitrogens is 4. The molecule has 0 radical (unpaired) electrons. The number of nitrogens with zero attached hydrogens (tertiary/aromatic N) is 2. The summed E-state index contributed by atoms with van der Waals surface area (Å²) in [5.41, 5.74) is 3.49. The van der Waals surface area contributed by atoms with Crippen LogP contribution in [0.3, 0.4) is 0 Å². The van der Waals surface area contributed by atoms with Crippen LogP contribution < -0.4 is 10.9 Å². The van der Waals surface area contributed by atoms with E-state index in [0.29, 0.717) is 28.2 Å². The fourth-order valence-electron chi connectivity index (χ4n) is 2.90. The maximum atomic E-state index is 12.6. The first-order valence-corrected chi connectivity index (χ1v) is 9.84. The van der Waals surface area contributed by atoms with Gasteiger partial charge in [-0.1, -0.05) is 57.7 Å². The van der Waals surface area contributed by atoms with E-state index in [-0.39, 0.29) is 17.2 Å². The molecule has 142 valence electrons. The summed E-state index contributed by atoms with van der Waals surface area (Å²) in [6.07, 6.45) is 1.42. The second kappa shape index (κ2) is 7.96. The Labute approximate surface area is 161 Å². The molecule has 27 heavy (non-hydrogen) atoms. The molecule has 0 aliphatic heterocycles. The number of carbonyl (C=O) groups excluding carboxylic acids is 1. The zero-order chi connectivity index (χ0) is 19.6. The summed E-state index contributed by atoms with van der Waals surface area (Å²) in [7, 11) is 0. The van der Waals surface area contributed by atoms with Crippen molar-refractivity contribution in [2.75, 3.05) is 11.1 Å². The van der Waals surface area contributed by atoms with Gasteiger partial charge in [-0.2, -0.15) is 0 Å². The Kier molecular flexibility index (Phi) is 5.65. The van der Waals surface area contributed by atoms with Crippen molar-refractivity contribution in [1.82, 2.24) is 19.9 Å². The summed E-state index contributed by atoms with van der Waals surface area (Å²) < 4.78 is 0. The predicted molar refractivity (Wildman–Crippen MR) is 108 cm³/mol. The number of nitrogens with one attached hydrogen (secondary N) is 3. The first kappa shape index (κ1) is 19.2. The van der Waals surface area contributed by atoms with E-state index in [2.05, 4.69) is 52.9 Å². The number of hydrogen-bond acceptors (Lipinski definition) is 5. The van der Waals surface area contributed by atoms with Gasteiger partial charge in [0.1, 0.15) is 0 Å². The molecular formula is C19H23N5O2S. The van der Waals surface area contributed by atoms with Crippen LogP contribution >= 0.6 is 11.8 Å². The van der Waals surface area contributed by atoms with Crippen LogP contribution in [-0.2, 0) is 4.79 Å². The second-order valence-corrected chi connectivity index (χ2v) is 7.89. The van der Waals surface area contributed by atoms with Crippen molar-refractivity contribution < 1.29 is 4.79 Å². The van der Waals surface area contributed by atoms with Crippen molar-refractivity contribution in [2.45, 2.75) is 44.7 Å². The van der Waals surface area contributed by atoms with Crippen molar-refractivity contribution in [3.63, 3.8) is 0 Å². The van der Waals surface area contributed by atoms with E-state index < -0.39 is 0 Å². The molecule has 1 aromatic carbocycles. The van der Waals surface area contributed by atoms with Gasteiger partial charge >= 0.3 is 0 Å². The van der Waals surface area contributed by atoms with Gasteiger partial charge in [0.2, 0.25) is 5.91 Å². The third kappa shape index (κ3) is 4.21. The average molecular weight is 385 g/mol. The molecule has 2 heterocycles. The number of carbonyl (C=O) groups is 1. The Balaban J connectivity index is 1.76. The molecule has 0 saturated carbocycles. The lowest BCUT2D eigenvalue weighted by Gasteiger charge is -2.20. The van der Waals surface area contributed by atoms with Gasteiger partial charge in [0, 0.05) is 5.69 Å². The number of benzene rings is 1. The highest BCUT2D eigenvalue weighted by atomic mass is 32.2. The molecule has 0 spiro atoms. The number of rotatable bonds is 6. The Morgan fingerprint density at radius 1 is 1.19 bits per heavy atom. The monoisotopic (exact) mass is 385 g/mol. The number of imidazole rings is 1. The van der Waals surface area contributed by atoms with Crippen LogP contribution in [0.4, 0.5) is 5.69 Å². The summed E-state index contributed by atoms with van der Waals surface area (Å²) in [5.74, 6) is 0.598. The fraction of sp³-hybridized carbons (Fsp3) is 0.368. The maximum Gasteiger partial charge on any atom is 0.277 e. The topological polar surface area (TPSA) is 104 Å². The maximum absolute atomic E-state index is 12.6. The molecule has 3 N–H and O–H groups in total. The smallest absolute Gasteiger partial charge is 0.277 e. The number of H-pyrrole nitrogens is 2. The van der Waals surface area contributed by atoms with Crippen LogP contribution in [0.5, 0.6) is 0 Å². The number of fused-ring (bicyclic) bond motifs is 1. The van der Waals surface area contributed by atoms with E-state index in [4.69, 9.17) is 0 Å². The molecule has 0 bridgehead atoms. The van der Waals surface area contributed by atoms with E-state index in [9.17, 15) is 9.59 Å². The number of thioether (sulfide) groups is 1. The molecule has 3 rings (SSSR count). The third-order valence-electron chi connectivity index (χ3n) is 4.25. The minimum absolute atomic E-state index is 0.139. The van der Waals surface area contributed by atoms with E-state index >= 15 is 0 Å². The minimum Gasteiger partial charge on any atom is -0.339 e. The van der Waals surface area contributed by atoms with Gasteiger partial charge in [-0.05, 0) is 23.0 Å². The highest BCUT2D eigenvalue weighted by Gasteiger charge is 2.16. The normalized spacial score (nSPS) is 11.5. The largest absolute Gasteiger partial charge is 0.339 e. The molecule has 0 fully saturated rings. The minimum atomic E-state index is -0.298. The highest BCUT2D eigenvalue weighted by Crippen LogP contribution is 2.32. The van der Waals surface area contributed by atoms with Crippen LogP contribution in [0.2, 0.25) is 0 Å². The van der Waals surface area contributed by atoms with Crippen molar-refractivity contribution in [3.8, 4) is 0 Å². The van der Waals surface area contributed by atoms with Gasteiger partial charge in [-0.3, -0.25) is 14.6 Å². The SMILES string of the molecule is CC(C)c1cccc(C(C)C)c1NC(=O)CSc1nc2nc[nH]c2c(=O)[nH]1. The van der Waals surface area contributed by atoms with Gasteiger partial charge in [0.25, 0.3) is 5.56 Å². The lowest BCUT2D eigenvalue weighted by molar-refractivity contribution is -0.113. The molecule has 3 aromatic rings. The number of anilines is 1. The summed E-state index contributed by atoms with van der Waals surface area (Å²) in [5, 5.41) is 3.43. The summed E-state index contributed by atoms with van der Waals surface area (Å²) in [6.45, 7) is 8.43. The summed E-state index contributed by atoms with van der Waals surface area (Å²) in [4.78, 5) is 38.2. The second-order valence-electron chi connectivity index (χ2n) is 6.93. The van der Waals surface area contributed by atoms with Crippen LogP contribution in [0.1, 0.15) is 50.7 Å². The number of para-hydroxylation sites is 1. The average Bonchev–Trinajstić information content (AvgIpc) is 3.09. The molecule has 0 aliphatic rings. The zero-order valence-electron chi connectivity index (χ0n) is 15.8. The molecule has 8 heteroatoms. The van der Waals surface area contributed by atoms with Crippen LogP contribution in [0.15, 0.2) is 34.5 Å². The van der Waals surface area contributed by atoms with E-state index in [1.165, 1.54) is 18.1 Å². The van der Waals surface area contributed by atoms with Gasteiger partial charge in [-0.15, -0.1) is 0 Å². The van der Waals surface area contributed by atoms with Gasteiger partial charge < -0.3 is 10.3 Å². The molecule has 7 nitrogen and oxygen atoms in total. The first-order valence-electron chi connectivity index (χ1n) is 8.85. The van der Waals surface area contributed by atoms with Crippen LogP contribution in [-0.4, -0.2) is 31.6 Å². The summed E-state index contributed by atoms with van der Waals surface area (Å²) in [6, 6.07) is 6.12. The predicted octanol–water partition coefficient (Wildman–Crippen LogP) is 3.62. The van der Waals surface area contributed by atoms with Gasteiger partial charge in [-0.25, -0.2) is 9.97 Å². The molecule has 1 amide bonds. The molecule has 0 atom stereocenters. The van der Waals surface area contributed by atoms with Gasteiger partial charge in [0.05, 0.1) is 12.1 Å². The Morgan fingerprint density at radius 2 is 1.85 bits per heavy atom. The Bertz CT molecular complexity index is 996. The molecule has 0 saturated heterocycles. The van der Waals surface area contributed by atoms with Crippen LogP contribution in [0.25, 0.3) is 11.2 Å². The third-order valence-corrected chi connectivity index (χ3v) is 5.12. The quantitative estimate of drug-likeness (QED) is 0.444. The lowest BCUT2D eigenvalue weighted by atomic mass is 9.92. The highest BCUT2D eigenvalue weighted by molar-refractivity contribution is 7.99. The number of amides is 1. The van der Waals surface area contributed by atoms with Gasteiger partial charge in [0.15, 0.2) is 16.3 Å². The van der Waals surface area contributed by atoms with E-state index in [1.807, 2.05) is 18.2 Å². The standard InChI is InChI=1S/C19H23N5O2S/c1-10(2)12-6-5-7-13(11(3)4)15(12)22-14(25)8-27-19-23-17-16(18(26)24-19)20-9-21-17/h5-7,9-11H,8H2,1-4H3,(H,22,25)(H2,20,21,23,24,26). The van der Waals surface area contributed by atoms with Crippen molar-refractivity contribution >= 4 is 34.5 Å². The van der Waals surface area contributed by atoms with Crippen LogP contribution in [0, 0.1) is 0 Å². The summed E-state index contributed by atoms with van der Waals surface area (Å²) >= 11 is 1.18.